The zero-order valence-electron chi connectivity index (χ0n) is 11.0. The number of non-ortho nitro benzene ring substituents is 1. The SMILES string of the molecule is O=[N+]([O-])c1ccc(C=Cc2cc(Cl)ccc2O)c([N+](=O)[O-])c1. The Labute approximate surface area is 129 Å². The lowest BCUT2D eigenvalue weighted by atomic mass is 10.1. The maximum Gasteiger partial charge on any atom is 0.283 e. The lowest BCUT2D eigenvalue weighted by molar-refractivity contribution is -0.394. The molecule has 0 radical (unpaired) electrons. The lowest BCUT2D eigenvalue weighted by Gasteiger charge is -2.01. The topological polar surface area (TPSA) is 107 Å². The van der Waals surface area contributed by atoms with E-state index in [4.69, 9.17) is 11.6 Å². The summed E-state index contributed by atoms with van der Waals surface area (Å²) in [6.45, 7) is 0. The van der Waals surface area contributed by atoms with Gasteiger partial charge in [0.15, 0.2) is 0 Å². The van der Waals surface area contributed by atoms with Gasteiger partial charge in [-0.2, -0.15) is 0 Å². The fourth-order valence-electron chi connectivity index (χ4n) is 1.78. The number of benzene rings is 2. The van der Waals surface area contributed by atoms with Crippen LogP contribution in [0.4, 0.5) is 11.4 Å². The molecule has 0 saturated heterocycles. The zero-order valence-corrected chi connectivity index (χ0v) is 11.7. The number of rotatable bonds is 4. The molecule has 2 aromatic carbocycles. The summed E-state index contributed by atoms with van der Waals surface area (Å²) in [4.78, 5) is 20.3. The summed E-state index contributed by atoms with van der Waals surface area (Å²) in [5.41, 5.74) is -0.212. The Hall–Kier alpha value is -2.93. The summed E-state index contributed by atoms with van der Waals surface area (Å²) in [7, 11) is 0. The van der Waals surface area contributed by atoms with Crippen molar-refractivity contribution in [3.8, 4) is 5.75 Å². The Morgan fingerprint density at radius 2 is 1.64 bits per heavy atom. The minimum atomic E-state index is -0.705. The van der Waals surface area contributed by atoms with Crippen LogP contribution in [0.1, 0.15) is 11.1 Å². The Bertz CT molecular complexity index is 789. The average Bonchev–Trinajstić information content (AvgIpc) is 2.47. The largest absolute Gasteiger partial charge is 0.507 e. The maximum absolute atomic E-state index is 11.0. The first-order chi connectivity index (χ1) is 10.4. The highest BCUT2D eigenvalue weighted by Crippen LogP contribution is 2.28. The summed E-state index contributed by atoms with van der Waals surface area (Å²) in [6.07, 6.45) is 2.82. The molecule has 0 aromatic heterocycles. The van der Waals surface area contributed by atoms with Crippen molar-refractivity contribution in [2.75, 3.05) is 0 Å². The Balaban J connectivity index is 2.44. The highest BCUT2D eigenvalue weighted by molar-refractivity contribution is 6.30. The van der Waals surface area contributed by atoms with Crippen LogP contribution in [0.15, 0.2) is 36.4 Å². The molecule has 0 amide bonds. The van der Waals surface area contributed by atoms with E-state index in [-0.39, 0.29) is 17.0 Å². The highest BCUT2D eigenvalue weighted by atomic mass is 35.5. The van der Waals surface area contributed by atoms with Crippen molar-refractivity contribution in [2.45, 2.75) is 0 Å². The van der Waals surface area contributed by atoms with E-state index in [2.05, 4.69) is 0 Å². The van der Waals surface area contributed by atoms with Crippen molar-refractivity contribution in [3.63, 3.8) is 0 Å². The van der Waals surface area contributed by atoms with Crippen molar-refractivity contribution >= 4 is 35.1 Å². The molecule has 0 fully saturated rings. The van der Waals surface area contributed by atoms with Gasteiger partial charge in [-0.15, -0.1) is 0 Å². The van der Waals surface area contributed by atoms with E-state index in [1.807, 2.05) is 0 Å². The predicted molar refractivity (Wildman–Crippen MR) is 81.8 cm³/mol. The van der Waals surface area contributed by atoms with E-state index < -0.39 is 15.5 Å². The Morgan fingerprint density at radius 3 is 2.27 bits per heavy atom. The van der Waals surface area contributed by atoms with Gasteiger partial charge in [0.1, 0.15) is 5.75 Å². The van der Waals surface area contributed by atoms with Crippen LogP contribution >= 0.6 is 11.6 Å². The second-order valence-electron chi connectivity index (χ2n) is 4.29. The second-order valence-corrected chi connectivity index (χ2v) is 4.73. The molecule has 0 atom stereocenters. The first kappa shape index (κ1) is 15.5. The molecule has 112 valence electrons. The van der Waals surface area contributed by atoms with E-state index >= 15 is 0 Å². The molecule has 0 unspecified atom stereocenters. The lowest BCUT2D eigenvalue weighted by Crippen LogP contribution is -1.94. The van der Waals surface area contributed by atoms with Crippen LogP contribution in [0.5, 0.6) is 5.75 Å². The number of aromatic hydroxyl groups is 1. The van der Waals surface area contributed by atoms with Crippen LogP contribution in [-0.2, 0) is 0 Å². The van der Waals surface area contributed by atoms with Gasteiger partial charge in [0.2, 0.25) is 0 Å². The second kappa shape index (κ2) is 6.23. The van der Waals surface area contributed by atoms with Crippen LogP contribution in [0.25, 0.3) is 12.2 Å². The molecule has 0 aliphatic heterocycles. The number of nitro groups is 2. The van der Waals surface area contributed by atoms with E-state index in [1.165, 1.54) is 42.5 Å². The number of phenols is 1. The normalized spacial score (nSPS) is 10.8. The van der Waals surface area contributed by atoms with Gasteiger partial charge in [-0.25, -0.2) is 0 Å². The molecular weight excluding hydrogens is 312 g/mol. The van der Waals surface area contributed by atoms with E-state index in [1.54, 1.807) is 0 Å². The molecule has 0 heterocycles. The third-order valence-electron chi connectivity index (χ3n) is 2.85. The third kappa shape index (κ3) is 3.39. The number of halogens is 1. The predicted octanol–water partition coefficient (Wildman–Crippen LogP) is 4.03. The Morgan fingerprint density at radius 1 is 0.955 bits per heavy atom. The molecule has 8 heteroatoms. The summed E-state index contributed by atoms with van der Waals surface area (Å²) >= 11 is 5.81. The van der Waals surface area contributed by atoms with Crippen LogP contribution in [0.2, 0.25) is 5.02 Å². The summed E-state index contributed by atoms with van der Waals surface area (Å²) < 4.78 is 0. The molecule has 0 aliphatic rings. The molecule has 0 spiro atoms. The van der Waals surface area contributed by atoms with Crippen LogP contribution in [-0.4, -0.2) is 15.0 Å². The van der Waals surface area contributed by atoms with Gasteiger partial charge in [0, 0.05) is 16.7 Å². The monoisotopic (exact) mass is 320 g/mol. The van der Waals surface area contributed by atoms with Gasteiger partial charge in [0.25, 0.3) is 11.4 Å². The van der Waals surface area contributed by atoms with Gasteiger partial charge in [-0.3, -0.25) is 20.2 Å². The van der Waals surface area contributed by atoms with Gasteiger partial charge in [-0.05, 0) is 30.3 Å². The molecular formula is C14H9ClN2O5. The fourth-order valence-corrected chi connectivity index (χ4v) is 1.96. The molecule has 0 aliphatic carbocycles. The third-order valence-corrected chi connectivity index (χ3v) is 3.09. The fraction of sp³-hybridized carbons (Fsp3) is 0. The van der Waals surface area contributed by atoms with Crippen molar-refractivity contribution in [1.29, 1.82) is 0 Å². The molecule has 22 heavy (non-hydrogen) atoms. The van der Waals surface area contributed by atoms with Crippen molar-refractivity contribution in [3.05, 3.63) is 72.8 Å². The molecule has 2 aromatic rings. The number of hydrogen-bond acceptors (Lipinski definition) is 5. The van der Waals surface area contributed by atoms with E-state index in [0.717, 1.165) is 6.07 Å². The van der Waals surface area contributed by atoms with Crippen LogP contribution in [0.3, 0.4) is 0 Å². The molecule has 2 rings (SSSR count). The quantitative estimate of drug-likeness (QED) is 0.520. The van der Waals surface area contributed by atoms with E-state index in [0.29, 0.717) is 10.6 Å². The number of hydrogen-bond donors (Lipinski definition) is 1. The highest BCUT2D eigenvalue weighted by Gasteiger charge is 2.17. The molecule has 1 N–H and O–H groups in total. The Kier molecular flexibility index (Phi) is 4.38. The molecule has 0 saturated carbocycles. The summed E-state index contributed by atoms with van der Waals surface area (Å²) in [5.74, 6) is -0.0368. The van der Waals surface area contributed by atoms with E-state index in [9.17, 15) is 25.3 Å². The smallest absolute Gasteiger partial charge is 0.283 e. The van der Waals surface area contributed by atoms with Crippen LogP contribution < -0.4 is 0 Å². The van der Waals surface area contributed by atoms with Crippen LogP contribution in [0, 0.1) is 20.2 Å². The van der Waals surface area contributed by atoms with Crippen molar-refractivity contribution in [2.24, 2.45) is 0 Å². The standard InChI is InChI=1S/C14H9ClN2O5/c15-11-4-6-14(18)10(7-11)2-1-9-3-5-12(16(19)20)8-13(9)17(21)22/h1-8,18H. The molecule has 7 nitrogen and oxygen atoms in total. The van der Waals surface area contributed by atoms with Gasteiger partial charge < -0.3 is 5.11 Å². The average molecular weight is 321 g/mol. The van der Waals surface area contributed by atoms with Crippen molar-refractivity contribution in [1.82, 2.24) is 0 Å². The number of phenolic OH excluding ortho intramolecular Hbond substituents is 1. The first-order valence-corrected chi connectivity index (χ1v) is 6.35. The minimum absolute atomic E-state index is 0.0368. The zero-order chi connectivity index (χ0) is 16.3. The molecule has 0 bridgehead atoms. The minimum Gasteiger partial charge on any atom is -0.507 e. The van der Waals surface area contributed by atoms with Gasteiger partial charge in [-0.1, -0.05) is 17.7 Å². The van der Waals surface area contributed by atoms with Gasteiger partial charge in [0.05, 0.1) is 21.5 Å². The maximum atomic E-state index is 11.0. The first-order valence-electron chi connectivity index (χ1n) is 5.98. The number of nitro benzene ring substituents is 2. The summed E-state index contributed by atoms with van der Waals surface area (Å²) in [5, 5.41) is 31.7. The summed E-state index contributed by atoms with van der Waals surface area (Å²) in [6, 6.07) is 7.72. The number of nitrogens with zero attached hydrogens (tertiary/aromatic N) is 2. The van der Waals surface area contributed by atoms with Crippen molar-refractivity contribution < 1.29 is 15.0 Å². The van der Waals surface area contributed by atoms with Gasteiger partial charge >= 0.3 is 0 Å².